The molecule has 1 atom stereocenters. The Balaban J connectivity index is 1.50. The topological polar surface area (TPSA) is 95.6 Å². The fourth-order valence-electron chi connectivity index (χ4n) is 3.20. The molecule has 1 aliphatic heterocycles. The van der Waals surface area contributed by atoms with Crippen molar-refractivity contribution in [3.05, 3.63) is 42.0 Å². The largest absolute Gasteiger partial charge is 0.357 e. The molecule has 0 spiro atoms. The van der Waals surface area contributed by atoms with Gasteiger partial charge in [-0.25, -0.2) is 0 Å². The first-order valence-electron chi connectivity index (χ1n) is 10.3. The number of aryl methyl sites for hydroxylation is 1. The highest BCUT2D eigenvalue weighted by Crippen LogP contribution is 2.21. The van der Waals surface area contributed by atoms with Crippen LogP contribution in [0.15, 0.2) is 39.8 Å². The Hall–Kier alpha value is -2.90. The van der Waals surface area contributed by atoms with Gasteiger partial charge in [-0.1, -0.05) is 37.2 Å². The van der Waals surface area contributed by atoms with Crippen molar-refractivity contribution in [2.24, 2.45) is 4.99 Å². The molecule has 1 unspecified atom stereocenters. The van der Waals surface area contributed by atoms with Crippen LogP contribution in [0.25, 0.3) is 0 Å². The molecule has 1 fully saturated rings. The number of nitrogens with zero attached hydrogens (tertiary/aromatic N) is 4. The summed E-state index contributed by atoms with van der Waals surface area (Å²) in [6, 6.07) is 9.80. The molecular weight excluding hydrogens is 368 g/mol. The quantitative estimate of drug-likeness (QED) is 0.403. The van der Waals surface area contributed by atoms with Crippen molar-refractivity contribution in [2.45, 2.75) is 52.0 Å². The summed E-state index contributed by atoms with van der Waals surface area (Å²) < 4.78 is 5.27. The van der Waals surface area contributed by atoms with Crippen LogP contribution in [0.2, 0.25) is 0 Å². The summed E-state index contributed by atoms with van der Waals surface area (Å²) in [5.41, 5.74) is 0.934. The van der Waals surface area contributed by atoms with Crippen LogP contribution in [0.4, 0.5) is 5.69 Å². The van der Waals surface area contributed by atoms with Crippen molar-refractivity contribution in [3.8, 4) is 0 Å². The lowest BCUT2D eigenvalue weighted by Crippen LogP contribution is -2.44. The molecule has 1 amide bonds. The normalized spacial score (nSPS) is 17.2. The van der Waals surface area contributed by atoms with Crippen molar-refractivity contribution in [1.82, 2.24) is 20.8 Å². The summed E-state index contributed by atoms with van der Waals surface area (Å²) in [6.45, 7) is 8.14. The molecule has 2 N–H and O–H groups in total. The zero-order chi connectivity index (χ0) is 20.6. The molecule has 8 heteroatoms. The summed E-state index contributed by atoms with van der Waals surface area (Å²) in [5.74, 6) is 2.52. The van der Waals surface area contributed by atoms with Gasteiger partial charge >= 0.3 is 0 Å². The summed E-state index contributed by atoms with van der Waals surface area (Å²) >= 11 is 0. The predicted molar refractivity (Wildman–Crippen MR) is 113 cm³/mol. The molecule has 2 aromatic rings. The van der Waals surface area contributed by atoms with Gasteiger partial charge in [-0.05, 0) is 25.5 Å². The standard InChI is InChI=1S/C21H30N6O2/c1-4-22-21(23-12-8-11-18-25-20(15(2)3)26-29-18)24-16-13-19(28)27(14-16)17-9-6-5-7-10-17/h5-7,9-10,15-16H,4,8,11-14H2,1-3H3,(H2,22,23,24). The van der Waals surface area contributed by atoms with Gasteiger partial charge in [-0.3, -0.25) is 9.79 Å². The van der Waals surface area contributed by atoms with Crippen molar-refractivity contribution in [2.75, 3.05) is 24.5 Å². The fraction of sp³-hybridized carbons (Fsp3) is 0.524. The Morgan fingerprint density at radius 1 is 1.34 bits per heavy atom. The van der Waals surface area contributed by atoms with Crippen LogP contribution in [0.3, 0.4) is 0 Å². The number of nitrogens with one attached hydrogen (secondary N) is 2. The molecule has 0 saturated carbocycles. The van der Waals surface area contributed by atoms with Crippen LogP contribution in [-0.2, 0) is 11.2 Å². The molecule has 0 aliphatic carbocycles. The third-order valence-electron chi connectivity index (χ3n) is 4.70. The number of hydrogen-bond acceptors (Lipinski definition) is 5. The average Bonchev–Trinajstić information content (AvgIpc) is 3.33. The first kappa shape index (κ1) is 20.8. The second-order valence-electron chi connectivity index (χ2n) is 7.45. The molecule has 29 heavy (non-hydrogen) atoms. The Labute approximate surface area is 171 Å². The van der Waals surface area contributed by atoms with Gasteiger partial charge in [0.15, 0.2) is 11.8 Å². The van der Waals surface area contributed by atoms with Gasteiger partial charge in [0.25, 0.3) is 0 Å². The molecule has 1 aromatic heterocycles. The molecule has 0 radical (unpaired) electrons. The highest BCUT2D eigenvalue weighted by molar-refractivity contribution is 5.97. The lowest BCUT2D eigenvalue weighted by Gasteiger charge is -2.19. The van der Waals surface area contributed by atoms with E-state index < -0.39 is 0 Å². The number of hydrogen-bond donors (Lipinski definition) is 2. The monoisotopic (exact) mass is 398 g/mol. The van der Waals surface area contributed by atoms with Crippen LogP contribution in [0.5, 0.6) is 0 Å². The third-order valence-corrected chi connectivity index (χ3v) is 4.70. The van der Waals surface area contributed by atoms with E-state index in [9.17, 15) is 4.79 Å². The van der Waals surface area contributed by atoms with Crippen molar-refractivity contribution < 1.29 is 9.32 Å². The Morgan fingerprint density at radius 3 is 2.83 bits per heavy atom. The number of amides is 1. The Kier molecular flexibility index (Phi) is 7.21. The molecule has 0 bridgehead atoms. The van der Waals surface area contributed by atoms with Crippen LogP contribution in [-0.4, -0.2) is 47.7 Å². The minimum absolute atomic E-state index is 0.0325. The summed E-state index contributed by atoms with van der Waals surface area (Å²) in [7, 11) is 0. The number of anilines is 1. The third kappa shape index (κ3) is 5.79. The van der Waals surface area contributed by atoms with Crippen molar-refractivity contribution >= 4 is 17.6 Å². The summed E-state index contributed by atoms with van der Waals surface area (Å²) in [4.78, 5) is 23.2. The second-order valence-corrected chi connectivity index (χ2v) is 7.45. The van der Waals surface area contributed by atoms with Gasteiger partial charge in [0.05, 0.1) is 6.04 Å². The minimum Gasteiger partial charge on any atom is -0.357 e. The maximum atomic E-state index is 12.4. The number of carbonyl (C=O) groups excluding carboxylic acids is 1. The number of aromatic nitrogens is 2. The maximum absolute atomic E-state index is 12.4. The molecule has 1 aliphatic rings. The fourth-order valence-corrected chi connectivity index (χ4v) is 3.20. The molecule has 1 saturated heterocycles. The molecule has 1 aromatic carbocycles. The van der Waals surface area contributed by atoms with E-state index in [1.165, 1.54) is 0 Å². The average molecular weight is 399 g/mol. The van der Waals surface area contributed by atoms with Crippen molar-refractivity contribution in [3.63, 3.8) is 0 Å². The van der Waals surface area contributed by atoms with Gasteiger partial charge in [0.2, 0.25) is 11.8 Å². The number of benzene rings is 1. The molecule has 2 heterocycles. The zero-order valence-corrected chi connectivity index (χ0v) is 17.4. The van der Waals surface area contributed by atoms with Gasteiger partial charge in [-0.2, -0.15) is 4.98 Å². The van der Waals surface area contributed by atoms with Crippen LogP contribution >= 0.6 is 0 Å². The van der Waals surface area contributed by atoms with E-state index in [0.29, 0.717) is 31.8 Å². The number of para-hydroxylation sites is 1. The Morgan fingerprint density at radius 2 is 2.14 bits per heavy atom. The molecule has 3 rings (SSSR count). The van der Waals surface area contributed by atoms with E-state index in [-0.39, 0.29) is 17.9 Å². The SMILES string of the molecule is CCNC(=NCCCc1nc(C(C)C)no1)NC1CC(=O)N(c2ccccc2)C1. The predicted octanol–water partition coefficient (Wildman–Crippen LogP) is 2.49. The van der Waals surface area contributed by atoms with Crippen molar-refractivity contribution in [1.29, 1.82) is 0 Å². The van der Waals surface area contributed by atoms with E-state index in [1.54, 1.807) is 0 Å². The lowest BCUT2D eigenvalue weighted by atomic mass is 10.2. The molecular formula is C21H30N6O2. The summed E-state index contributed by atoms with van der Waals surface area (Å²) in [6.07, 6.45) is 1.97. The second kappa shape index (κ2) is 10.0. The van der Waals surface area contributed by atoms with E-state index in [1.807, 2.05) is 56.0 Å². The first-order valence-corrected chi connectivity index (χ1v) is 10.3. The summed E-state index contributed by atoms with van der Waals surface area (Å²) in [5, 5.41) is 10.6. The molecule has 156 valence electrons. The van der Waals surface area contributed by atoms with Crippen LogP contribution in [0.1, 0.15) is 51.2 Å². The van der Waals surface area contributed by atoms with Gasteiger partial charge in [-0.15, -0.1) is 0 Å². The van der Waals surface area contributed by atoms with Crippen LogP contribution < -0.4 is 15.5 Å². The number of carbonyl (C=O) groups is 1. The smallest absolute Gasteiger partial charge is 0.229 e. The van der Waals surface area contributed by atoms with Gasteiger partial charge < -0.3 is 20.1 Å². The highest BCUT2D eigenvalue weighted by atomic mass is 16.5. The first-order chi connectivity index (χ1) is 14.1. The highest BCUT2D eigenvalue weighted by Gasteiger charge is 2.31. The van der Waals surface area contributed by atoms with E-state index in [4.69, 9.17) is 4.52 Å². The van der Waals surface area contributed by atoms with E-state index >= 15 is 0 Å². The Bertz CT molecular complexity index is 818. The van der Waals surface area contributed by atoms with E-state index in [0.717, 1.165) is 30.4 Å². The van der Waals surface area contributed by atoms with Gasteiger partial charge in [0.1, 0.15) is 0 Å². The molecule has 8 nitrogen and oxygen atoms in total. The minimum atomic E-state index is 0.0325. The van der Waals surface area contributed by atoms with E-state index in [2.05, 4.69) is 25.8 Å². The lowest BCUT2D eigenvalue weighted by molar-refractivity contribution is -0.117. The zero-order valence-electron chi connectivity index (χ0n) is 17.4. The number of guanidine groups is 1. The maximum Gasteiger partial charge on any atom is 0.229 e. The number of rotatable bonds is 8. The van der Waals surface area contributed by atoms with Crippen LogP contribution in [0, 0.1) is 0 Å². The van der Waals surface area contributed by atoms with Gasteiger partial charge in [0, 0.05) is 44.1 Å². The number of aliphatic imine (C=N–C) groups is 1.